The zero-order chi connectivity index (χ0) is 22.1. The number of fused-ring (bicyclic) bond motifs is 1. The fourth-order valence-electron chi connectivity index (χ4n) is 3.16. The number of hydrogen-bond donors (Lipinski definition) is 2. The van der Waals surface area contributed by atoms with Crippen LogP contribution in [0.1, 0.15) is 5.56 Å². The highest BCUT2D eigenvalue weighted by atomic mass is 35.5. The number of rotatable bonds is 6. The SMILES string of the molecule is Cc1cccc(Nc2nccn3nc(Nc4ccc(Sc5nccn5C)c(Cl)c4)nc23)c1. The van der Waals surface area contributed by atoms with E-state index in [1.807, 2.05) is 67.2 Å². The molecule has 0 radical (unpaired) electrons. The minimum absolute atomic E-state index is 0.450. The highest BCUT2D eigenvalue weighted by molar-refractivity contribution is 7.99. The molecule has 8 nitrogen and oxygen atoms in total. The second-order valence-corrected chi connectivity index (χ2v) is 8.58. The van der Waals surface area contributed by atoms with E-state index in [1.54, 1.807) is 23.1 Å². The molecule has 5 rings (SSSR count). The van der Waals surface area contributed by atoms with Crippen LogP contribution in [0.4, 0.5) is 23.1 Å². The molecule has 0 unspecified atom stereocenters. The summed E-state index contributed by atoms with van der Waals surface area (Å²) < 4.78 is 3.63. The third kappa shape index (κ3) is 4.25. The first-order valence-corrected chi connectivity index (χ1v) is 11.0. The summed E-state index contributed by atoms with van der Waals surface area (Å²) in [7, 11) is 1.95. The van der Waals surface area contributed by atoms with Crippen LogP contribution < -0.4 is 10.6 Å². The topological polar surface area (TPSA) is 85.0 Å². The Bertz CT molecular complexity index is 1410. The van der Waals surface area contributed by atoms with Gasteiger partial charge in [-0.2, -0.15) is 4.98 Å². The average molecular weight is 463 g/mol. The molecule has 3 aromatic heterocycles. The molecule has 10 heteroatoms. The number of anilines is 4. The molecule has 0 aliphatic rings. The van der Waals surface area contributed by atoms with Crippen molar-refractivity contribution in [2.75, 3.05) is 10.6 Å². The van der Waals surface area contributed by atoms with Crippen molar-refractivity contribution >= 4 is 52.2 Å². The van der Waals surface area contributed by atoms with Crippen LogP contribution >= 0.6 is 23.4 Å². The summed E-state index contributed by atoms with van der Waals surface area (Å²) >= 11 is 8.02. The van der Waals surface area contributed by atoms with Crippen LogP contribution in [0.5, 0.6) is 0 Å². The van der Waals surface area contributed by atoms with Crippen molar-refractivity contribution in [3.05, 3.63) is 77.8 Å². The number of halogens is 1. The van der Waals surface area contributed by atoms with Crippen molar-refractivity contribution in [3.63, 3.8) is 0 Å². The van der Waals surface area contributed by atoms with Gasteiger partial charge in [0.2, 0.25) is 11.6 Å². The molecule has 0 bridgehead atoms. The van der Waals surface area contributed by atoms with E-state index in [9.17, 15) is 0 Å². The van der Waals surface area contributed by atoms with Crippen molar-refractivity contribution in [1.29, 1.82) is 0 Å². The molecule has 0 aliphatic heterocycles. The first-order chi connectivity index (χ1) is 15.5. The monoisotopic (exact) mass is 462 g/mol. The molecule has 5 aromatic rings. The summed E-state index contributed by atoms with van der Waals surface area (Å²) in [6.07, 6.45) is 7.11. The van der Waals surface area contributed by atoms with Crippen LogP contribution in [0.15, 0.2) is 77.3 Å². The van der Waals surface area contributed by atoms with Crippen LogP contribution in [0, 0.1) is 6.92 Å². The molecule has 0 saturated heterocycles. The molecule has 0 amide bonds. The van der Waals surface area contributed by atoms with E-state index in [0.717, 1.165) is 27.0 Å². The van der Waals surface area contributed by atoms with Gasteiger partial charge in [0, 0.05) is 48.1 Å². The van der Waals surface area contributed by atoms with Crippen molar-refractivity contribution in [3.8, 4) is 0 Å². The minimum atomic E-state index is 0.450. The molecule has 0 aliphatic carbocycles. The molecule has 3 heterocycles. The van der Waals surface area contributed by atoms with Gasteiger partial charge in [0.05, 0.1) is 5.02 Å². The summed E-state index contributed by atoms with van der Waals surface area (Å²) in [6.45, 7) is 2.05. The lowest BCUT2D eigenvalue weighted by Crippen LogP contribution is -1.98. The fourth-order valence-corrected chi connectivity index (χ4v) is 4.26. The lowest BCUT2D eigenvalue weighted by atomic mass is 10.2. The van der Waals surface area contributed by atoms with Gasteiger partial charge in [-0.1, -0.05) is 35.5 Å². The van der Waals surface area contributed by atoms with Gasteiger partial charge in [-0.3, -0.25) is 0 Å². The minimum Gasteiger partial charge on any atom is -0.337 e. The quantitative estimate of drug-likeness (QED) is 0.346. The lowest BCUT2D eigenvalue weighted by Gasteiger charge is -2.07. The molecule has 0 fully saturated rings. The Hall–Kier alpha value is -3.56. The van der Waals surface area contributed by atoms with Gasteiger partial charge in [-0.25, -0.2) is 14.5 Å². The maximum atomic E-state index is 6.51. The molecule has 0 saturated carbocycles. The predicted molar refractivity (Wildman–Crippen MR) is 127 cm³/mol. The van der Waals surface area contributed by atoms with Crippen LogP contribution in [0.25, 0.3) is 5.65 Å². The Morgan fingerprint density at radius 1 is 0.969 bits per heavy atom. The summed E-state index contributed by atoms with van der Waals surface area (Å²) in [5.74, 6) is 1.07. The Morgan fingerprint density at radius 3 is 2.59 bits per heavy atom. The van der Waals surface area contributed by atoms with Crippen LogP contribution in [-0.4, -0.2) is 29.1 Å². The van der Waals surface area contributed by atoms with E-state index < -0.39 is 0 Å². The summed E-state index contributed by atoms with van der Waals surface area (Å²) in [5.41, 5.74) is 3.50. The number of hydrogen-bond acceptors (Lipinski definition) is 7. The number of aryl methyl sites for hydroxylation is 2. The number of aromatic nitrogens is 6. The van der Waals surface area contributed by atoms with E-state index in [2.05, 4.69) is 30.7 Å². The van der Waals surface area contributed by atoms with Gasteiger partial charge in [0.1, 0.15) is 0 Å². The van der Waals surface area contributed by atoms with Gasteiger partial charge in [0.25, 0.3) is 0 Å². The third-order valence-corrected chi connectivity index (χ3v) is 6.28. The third-order valence-electron chi connectivity index (χ3n) is 4.70. The largest absolute Gasteiger partial charge is 0.337 e. The molecule has 160 valence electrons. The Labute approximate surface area is 193 Å². The number of nitrogens with zero attached hydrogens (tertiary/aromatic N) is 6. The van der Waals surface area contributed by atoms with Crippen LogP contribution in [0.2, 0.25) is 5.02 Å². The van der Waals surface area contributed by atoms with E-state index in [4.69, 9.17) is 11.6 Å². The molecule has 32 heavy (non-hydrogen) atoms. The smallest absolute Gasteiger partial charge is 0.247 e. The standard InChI is InChI=1S/C22H19ClN8S/c1-14-4-3-5-15(12-14)26-19-20-28-21(29-31(20)11-9-24-19)27-16-6-7-18(17(23)13-16)32-22-25-8-10-30(22)2/h3-13H,1-2H3,(H,24,26)(H,27,29). The normalized spacial score (nSPS) is 11.1. The van der Waals surface area contributed by atoms with E-state index in [0.29, 0.717) is 22.4 Å². The molecule has 2 N–H and O–H groups in total. The van der Waals surface area contributed by atoms with Gasteiger partial charge in [-0.15, -0.1) is 5.10 Å². The summed E-state index contributed by atoms with van der Waals surface area (Å²) in [4.78, 5) is 14.3. The van der Waals surface area contributed by atoms with Gasteiger partial charge >= 0.3 is 0 Å². The second-order valence-electron chi connectivity index (χ2n) is 7.17. The van der Waals surface area contributed by atoms with Crippen molar-refractivity contribution in [2.45, 2.75) is 17.0 Å². The lowest BCUT2D eigenvalue weighted by molar-refractivity contribution is 0.790. The van der Waals surface area contributed by atoms with Crippen LogP contribution in [-0.2, 0) is 7.05 Å². The molecular weight excluding hydrogens is 444 g/mol. The second kappa shape index (κ2) is 8.52. The van der Waals surface area contributed by atoms with Gasteiger partial charge in [-0.05, 0) is 42.8 Å². The summed E-state index contributed by atoms with van der Waals surface area (Å²) in [6, 6.07) is 13.8. The zero-order valence-corrected chi connectivity index (χ0v) is 18.9. The first-order valence-electron chi connectivity index (χ1n) is 9.82. The van der Waals surface area contributed by atoms with Crippen molar-refractivity contribution in [1.82, 2.24) is 29.1 Å². The fraction of sp³-hybridized carbons (Fsp3) is 0.0909. The van der Waals surface area contributed by atoms with Crippen molar-refractivity contribution in [2.24, 2.45) is 7.05 Å². The summed E-state index contributed by atoms with van der Waals surface area (Å²) in [5, 5.41) is 12.5. The van der Waals surface area contributed by atoms with Crippen molar-refractivity contribution < 1.29 is 0 Å². The van der Waals surface area contributed by atoms with E-state index >= 15 is 0 Å². The highest BCUT2D eigenvalue weighted by Gasteiger charge is 2.12. The zero-order valence-electron chi connectivity index (χ0n) is 17.3. The first kappa shape index (κ1) is 20.3. The Morgan fingerprint density at radius 2 is 1.81 bits per heavy atom. The average Bonchev–Trinajstić information content (AvgIpc) is 3.36. The Kier molecular flexibility index (Phi) is 5.42. The molecule has 0 atom stereocenters. The Balaban J connectivity index is 1.37. The maximum absolute atomic E-state index is 6.51. The van der Waals surface area contributed by atoms with Gasteiger partial charge in [0.15, 0.2) is 11.0 Å². The highest BCUT2D eigenvalue weighted by Crippen LogP contribution is 2.34. The maximum Gasteiger partial charge on any atom is 0.247 e. The predicted octanol–water partition coefficient (Wildman–Crippen LogP) is 5.46. The number of benzene rings is 2. The molecule has 0 spiro atoms. The molecular formula is C22H19ClN8S. The van der Waals surface area contributed by atoms with E-state index in [1.165, 1.54) is 11.8 Å². The van der Waals surface area contributed by atoms with E-state index in [-0.39, 0.29) is 0 Å². The number of nitrogens with one attached hydrogen (secondary N) is 2. The number of imidazole rings is 1. The van der Waals surface area contributed by atoms with Gasteiger partial charge < -0.3 is 15.2 Å². The molecule has 2 aromatic carbocycles. The van der Waals surface area contributed by atoms with Crippen LogP contribution in [0.3, 0.4) is 0 Å².